The van der Waals surface area contributed by atoms with Gasteiger partial charge in [-0.1, -0.05) is 0 Å². The summed E-state index contributed by atoms with van der Waals surface area (Å²) < 4.78 is 0. The van der Waals surface area contributed by atoms with Crippen molar-refractivity contribution in [1.82, 2.24) is 0 Å². The molecular weight excluding hydrogens is 64.0 g/mol. The molecule has 0 atom stereocenters. The van der Waals surface area contributed by atoms with E-state index >= 15 is 0 Å². The lowest BCUT2D eigenvalue weighted by atomic mass is 11.0. The normalized spacial score (nSPS) is 2.80. The van der Waals surface area contributed by atoms with Crippen LogP contribution >= 0.6 is 0 Å². The second kappa shape index (κ2) is 102. The van der Waals surface area contributed by atoms with E-state index in [0.717, 1.165) is 0 Å². The van der Waals surface area contributed by atoms with E-state index in [-0.39, 0.29) is 0 Å². The minimum atomic E-state index is 1.43. The van der Waals surface area contributed by atoms with E-state index in [1.165, 1.54) is 14.0 Å². The molecule has 2 heteroatoms. The summed E-state index contributed by atoms with van der Waals surface area (Å²) >= 11 is 0. The van der Waals surface area contributed by atoms with E-state index < -0.39 is 0 Å². The minimum Gasteiger partial charge on any atom is -0.333 e. The Labute approximate surface area is 32.2 Å². The van der Waals surface area contributed by atoms with Crippen LogP contribution in [0.1, 0.15) is 6.92 Å². The molecule has 0 heterocycles. The fourth-order valence-electron chi connectivity index (χ4n) is 0. The molecule has 0 saturated heterocycles. The molecule has 0 aliphatic rings. The average molecular weight is 72.1 g/mol. The van der Waals surface area contributed by atoms with Gasteiger partial charge in [0.25, 0.3) is 0 Å². The van der Waals surface area contributed by atoms with Crippen LogP contribution < -0.4 is 5.73 Å². The van der Waals surface area contributed by atoms with Crippen LogP contribution in [0.3, 0.4) is 0 Å². The van der Waals surface area contributed by atoms with E-state index in [0.29, 0.717) is 0 Å². The number of rotatable bonds is 0. The summed E-state index contributed by atoms with van der Waals surface area (Å²) in [6, 6.07) is 1.75. The quantitative estimate of drug-likeness (QED) is 0.441. The molecule has 0 spiro atoms. The molecule has 5 heavy (non-hydrogen) atoms. The van der Waals surface area contributed by atoms with Crippen molar-refractivity contribution in [3.8, 4) is 6.07 Å². The number of hydrogen-bond acceptors (Lipinski definition) is 2. The molecule has 0 aliphatic heterocycles. The second-order valence-corrected chi connectivity index (χ2v) is 0.224. The van der Waals surface area contributed by atoms with Crippen LogP contribution in [0, 0.1) is 11.3 Å². The molecule has 0 fully saturated rings. The van der Waals surface area contributed by atoms with Gasteiger partial charge in [0.15, 0.2) is 0 Å². The number of nitrogens with two attached hydrogens (primary N) is 1. The second-order valence-electron chi connectivity index (χ2n) is 0.224. The SMILES string of the molecule is CC#N.CN. The third-order valence-corrected chi connectivity index (χ3v) is 0. The van der Waals surface area contributed by atoms with Gasteiger partial charge in [-0.15, -0.1) is 0 Å². The largest absolute Gasteiger partial charge is 0.333 e. The first-order valence-electron chi connectivity index (χ1n) is 1.30. The Morgan fingerprint density at radius 2 is 1.60 bits per heavy atom. The van der Waals surface area contributed by atoms with Crippen molar-refractivity contribution in [1.29, 1.82) is 5.26 Å². The zero-order valence-corrected chi connectivity index (χ0v) is 3.52. The molecule has 0 aromatic heterocycles. The van der Waals surface area contributed by atoms with E-state index in [9.17, 15) is 0 Å². The summed E-state index contributed by atoms with van der Waals surface area (Å²) in [4.78, 5) is 0. The standard InChI is InChI=1S/C2H3N.CH5N/c1-2-3;1-2/h1H3;2H2,1H3. The number of hydrogen-bond donors (Lipinski definition) is 1. The zero-order chi connectivity index (χ0) is 4.71. The van der Waals surface area contributed by atoms with Crippen LogP contribution in [0.5, 0.6) is 0 Å². The zero-order valence-electron chi connectivity index (χ0n) is 3.52. The first-order chi connectivity index (χ1) is 2.41. The smallest absolute Gasteiger partial charge is 0.0587 e. The summed E-state index contributed by atoms with van der Waals surface area (Å²) in [5.41, 5.74) is 4.50. The molecule has 2 nitrogen and oxygen atoms in total. The Morgan fingerprint density at radius 1 is 1.60 bits per heavy atom. The van der Waals surface area contributed by atoms with Crippen molar-refractivity contribution in [2.24, 2.45) is 5.73 Å². The van der Waals surface area contributed by atoms with Gasteiger partial charge >= 0.3 is 0 Å². The Bertz CT molecular complexity index is 26.4. The molecule has 0 amide bonds. The molecule has 0 radical (unpaired) electrons. The van der Waals surface area contributed by atoms with Crippen LogP contribution in [-0.2, 0) is 0 Å². The van der Waals surface area contributed by atoms with Crippen molar-refractivity contribution in [2.45, 2.75) is 6.92 Å². The Balaban J connectivity index is 0. The van der Waals surface area contributed by atoms with Crippen LogP contribution in [0.15, 0.2) is 0 Å². The monoisotopic (exact) mass is 72.1 g/mol. The van der Waals surface area contributed by atoms with Crippen LogP contribution in [0.25, 0.3) is 0 Å². The molecule has 0 unspecified atom stereocenters. The lowest BCUT2D eigenvalue weighted by molar-refractivity contribution is 1.48. The van der Waals surface area contributed by atoms with Crippen molar-refractivity contribution >= 4 is 0 Å². The first-order valence-corrected chi connectivity index (χ1v) is 1.30. The minimum absolute atomic E-state index is 1.43. The average Bonchev–Trinajstić information content (AvgIpc) is 1.46. The van der Waals surface area contributed by atoms with Gasteiger partial charge in [0.1, 0.15) is 0 Å². The van der Waals surface area contributed by atoms with Gasteiger partial charge in [0.2, 0.25) is 0 Å². The maximum absolute atomic E-state index is 7.32. The van der Waals surface area contributed by atoms with Crippen LogP contribution in [-0.4, -0.2) is 7.05 Å². The molecule has 0 saturated carbocycles. The predicted molar refractivity (Wildman–Crippen MR) is 21.4 cm³/mol. The van der Waals surface area contributed by atoms with Gasteiger partial charge in [-0.05, 0) is 7.05 Å². The fraction of sp³-hybridized carbons (Fsp3) is 0.667. The first kappa shape index (κ1) is 8.82. The van der Waals surface area contributed by atoms with Crippen LogP contribution in [0.4, 0.5) is 0 Å². The fourth-order valence-corrected chi connectivity index (χ4v) is 0. The lowest BCUT2D eigenvalue weighted by Crippen LogP contribution is -1.69. The van der Waals surface area contributed by atoms with E-state index in [2.05, 4.69) is 5.73 Å². The molecule has 0 bridgehead atoms. The van der Waals surface area contributed by atoms with Gasteiger partial charge in [-0.3, -0.25) is 0 Å². The maximum atomic E-state index is 7.32. The summed E-state index contributed by atoms with van der Waals surface area (Å²) in [6.45, 7) is 1.43. The van der Waals surface area contributed by atoms with Crippen LogP contribution in [0.2, 0.25) is 0 Å². The molecule has 30 valence electrons. The van der Waals surface area contributed by atoms with Gasteiger partial charge in [-0.25, -0.2) is 0 Å². The number of nitriles is 1. The summed E-state index contributed by atoms with van der Waals surface area (Å²) in [5, 5.41) is 7.32. The van der Waals surface area contributed by atoms with Crippen molar-refractivity contribution < 1.29 is 0 Å². The Kier molecular flexibility index (Phi) is 180. The number of nitrogens with zero attached hydrogens (tertiary/aromatic N) is 1. The van der Waals surface area contributed by atoms with Gasteiger partial charge in [0, 0.05) is 6.92 Å². The third-order valence-electron chi connectivity index (χ3n) is 0. The summed E-state index contributed by atoms with van der Waals surface area (Å²) in [5.74, 6) is 0. The predicted octanol–water partition coefficient (Wildman–Crippen LogP) is 0.105. The highest BCUT2D eigenvalue weighted by atomic mass is 14.4. The van der Waals surface area contributed by atoms with Crippen molar-refractivity contribution in [3.05, 3.63) is 0 Å². The van der Waals surface area contributed by atoms with E-state index in [1.54, 1.807) is 6.07 Å². The molecule has 2 N–H and O–H groups in total. The van der Waals surface area contributed by atoms with Crippen molar-refractivity contribution in [2.75, 3.05) is 7.05 Å². The topological polar surface area (TPSA) is 49.8 Å². The lowest BCUT2D eigenvalue weighted by Gasteiger charge is -1.19. The molecule has 0 aromatic carbocycles. The Hall–Kier alpha value is -0.550. The highest BCUT2D eigenvalue weighted by Crippen LogP contribution is 1.21. The highest BCUT2D eigenvalue weighted by Gasteiger charge is 1.17. The summed E-state index contributed by atoms with van der Waals surface area (Å²) in [7, 11) is 1.50. The molecular formula is C3H8N2. The Morgan fingerprint density at radius 3 is 1.60 bits per heavy atom. The third kappa shape index (κ3) is 24.0. The molecule has 0 aliphatic carbocycles. The molecule has 0 rings (SSSR count). The van der Waals surface area contributed by atoms with Gasteiger partial charge in [0.05, 0.1) is 6.07 Å². The highest BCUT2D eigenvalue weighted by molar-refractivity contribution is 4.51. The van der Waals surface area contributed by atoms with E-state index in [1.807, 2.05) is 0 Å². The van der Waals surface area contributed by atoms with Gasteiger partial charge < -0.3 is 5.73 Å². The van der Waals surface area contributed by atoms with E-state index in [4.69, 9.17) is 5.26 Å². The van der Waals surface area contributed by atoms with Gasteiger partial charge in [-0.2, -0.15) is 5.26 Å². The van der Waals surface area contributed by atoms with Crippen molar-refractivity contribution in [3.63, 3.8) is 0 Å². The summed E-state index contributed by atoms with van der Waals surface area (Å²) in [6.07, 6.45) is 0. The maximum Gasteiger partial charge on any atom is 0.0587 e. The molecule has 0 aromatic rings.